The van der Waals surface area contributed by atoms with Crippen LogP contribution in [0.25, 0.3) is 0 Å². The summed E-state index contributed by atoms with van der Waals surface area (Å²) >= 11 is 14.5. The van der Waals surface area contributed by atoms with Gasteiger partial charge in [0.1, 0.15) is 0 Å². The van der Waals surface area contributed by atoms with Crippen LogP contribution in [0.5, 0.6) is 11.5 Å². The number of amides is 4. The van der Waals surface area contributed by atoms with Crippen molar-refractivity contribution < 1.29 is 52.1 Å². The number of nitrogens with zero attached hydrogens (tertiary/aromatic N) is 3. The summed E-state index contributed by atoms with van der Waals surface area (Å²) in [6, 6.07) is 10.1. The van der Waals surface area contributed by atoms with Gasteiger partial charge in [-0.25, -0.2) is 4.98 Å². The number of fused-ring (bicyclic) bond motifs is 4. The van der Waals surface area contributed by atoms with Crippen molar-refractivity contribution in [2.75, 3.05) is 19.1 Å². The topological polar surface area (TPSA) is 166 Å². The number of hydrogen-bond acceptors (Lipinski definition) is 9. The van der Waals surface area contributed by atoms with Gasteiger partial charge in [0.15, 0.2) is 17.3 Å². The molecule has 2 aliphatic heterocycles. The molecule has 1 saturated carbocycles. The van der Waals surface area contributed by atoms with Crippen molar-refractivity contribution in [1.29, 1.82) is 0 Å². The van der Waals surface area contributed by atoms with E-state index in [1.165, 1.54) is 13.2 Å². The Morgan fingerprint density at radius 3 is 2.42 bits per heavy atom. The predicted molar refractivity (Wildman–Crippen MR) is 198 cm³/mol. The minimum atomic E-state index is -4.77. The summed E-state index contributed by atoms with van der Waals surface area (Å²) < 4.78 is 46.2. The number of carbonyl (C=O) groups is 5. The molecule has 1 aromatic heterocycles. The normalized spacial score (nSPS) is 26.1. The highest BCUT2D eigenvalue weighted by molar-refractivity contribution is 14.1. The molecular weight excluding hydrogens is 883 g/mol. The summed E-state index contributed by atoms with van der Waals surface area (Å²) in [6.45, 7) is -0.107. The van der Waals surface area contributed by atoms with Crippen LogP contribution in [0.2, 0.25) is 10.0 Å². The number of phenols is 1. The summed E-state index contributed by atoms with van der Waals surface area (Å²) in [7, 11) is 1.35. The number of rotatable bonds is 9. The average Bonchev–Trinajstić information content (AvgIpc) is 3.50. The number of aromatic hydroxyl groups is 1. The Labute approximate surface area is 334 Å². The molecule has 0 bridgehead atoms. The second kappa shape index (κ2) is 14.3. The largest absolute Gasteiger partial charge is 0.504 e. The number of anilines is 1. The number of alkyl halides is 3. The molecule has 7 rings (SSSR count). The van der Waals surface area contributed by atoms with Gasteiger partial charge in [-0.1, -0.05) is 47.0 Å². The monoisotopic (exact) mass is 912 g/mol. The lowest BCUT2D eigenvalue weighted by Gasteiger charge is -2.50. The predicted octanol–water partition coefficient (Wildman–Crippen LogP) is 6.58. The van der Waals surface area contributed by atoms with Crippen LogP contribution in [0.4, 0.5) is 19.0 Å². The number of halogens is 6. The second-order valence-electron chi connectivity index (χ2n) is 13.8. The third-order valence-electron chi connectivity index (χ3n) is 11.0. The smallest absolute Gasteiger partial charge is 0.417 e. The van der Waals surface area contributed by atoms with Crippen molar-refractivity contribution in [3.05, 3.63) is 90.6 Å². The van der Waals surface area contributed by atoms with E-state index < -0.39 is 87.2 Å². The second-order valence-corrected chi connectivity index (χ2v) is 15.8. The number of pyridine rings is 1. The lowest BCUT2D eigenvalue weighted by Crippen LogP contribution is -2.53. The van der Waals surface area contributed by atoms with Gasteiger partial charge in [0.25, 0.3) is 11.8 Å². The van der Waals surface area contributed by atoms with Crippen LogP contribution in [0.1, 0.15) is 48.3 Å². The maximum Gasteiger partial charge on any atom is 0.417 e. The van der Waals surface area contributed by atoms with E-state index in [9.17, 15) is 42.6 Å². The van der Waals surface area contributed by atoms with Crippen molar-refractivity contribution >= 4 is 81.2 Å². The SMILES string of the molecule is COc1cc([C@H]2C3=CC[C@@H]4C(=O)N(CCCC(=O)O)C(=O)[C@@H]4[C@@H]3C[C@H]3C(=O)N(Nc4ncc(C(F)(F)F)cc4Cl)C(=O)[C@@]23c2ccc(Cl)cc2)cc(I)c1O. The van der Waals surface area contributed by atoms with Crippen molar-refractivity contribution in [2.45, 2.75) is 43.2 Å². The van der Waals surface area contributed by atoms with Crippen LogP contribution in [0, 0.1) is 27.2 Å². The fourth-order valence-electron chi connectivity index (χ4n) is 8.75. The number of carbonyl (C=O) groups excluding carboxylic acids is 4. The van der Waals surface area contributed by atoms with Crippen molar-refractivity contribution in [2.24, 2.45) is 23.7 Å². The molecule has 0 unspecified atom stereocenters. The number of aromatic nitrogens is 1. The Hall–Kier alpha value is -4.42. The van der Waals surface area contributed by atoms with E-state index in [4.69, 9.17) is 27.9 Å². The van der Waals surface area contributed by atoms with Crippen molar-refractivity contribution in [3.63, 3.8) is 0 Å². The quantitative estimate of drug-likeness (QED) is 0.121. The Kier molecular flexibility index (Phi) is 10.1. The lowest BCUT2D eigenvalue weighted by molar-refractivity contribution is -0.142. The molecule has 2 aromatic carbocycles. The molecule has 0 radical (unpaired) electrons. The first-order chi connectivity index (χ1) is 26.0. The third-order valence-corrected chi connectivity index (χ3v) is 12.4. The van der Waals surface area contributed by atoms with Crippen LogP contribution in [0.15, 0.2) is 60.3 Å². The van der Waals surface area contributed by atoms with E-state index in [1.54, 1.807) is 30.3 Å². The van der Waals surface area contributed by atoms with Crippen LogP contribution in [-0.2, 0) is 35.6 Å². The summed E-state index contributed by atoms with van der Waals surface area (Å²) in [4.78, 5) is 74.1. The Bertz CT molecular complexity index is 2190. The number of aliphatic carboxylic acids is 1. The highest BCUT2D eigenvalue weighted by Crippen LogP contribution is 2.64. The number of likely N-dealkylation sites (tertiary alicyclic amines) is 1. The number of phenolic OH excluding ortho intramolecular Hbond substituents is 1. The van der Waals surface area contributed by atoms with Gasteiger partial charge in [0, 0.05) is 30.1 Å². The van der Waals surface area contributed by atoms with E-state index in [1.807, 2.05) is 28.7 Å². The molecular formula is C37H30Cl2F3IN4O8. The van der Waals surface area contributed by atoms with Gasteiger partial charge in [-0.05, 0) is 89.2 Å². The molecule has 2 aliphatic carbocycles. The molecule has 2 saturated heterocycles. The molecule has 4 aliphatic rings. The number of nitrogens with one attached hydrogen (secondary N) is 1. The molecule has 3 fully saturated rings. The first kappa shape index (κ1) is 38.8. The summed E-state index contributed by atoms with van der Waals surface area (Å²) in [6.07, 6.45) is -2.66. The number of carboxylic acid groups (broad SMARTS) is 1. The Morgan fingerprint density at radius 2 is 1.78 bits per heavy atom. The maximum atomic E-state index is 15.3. The van der Waals surface area contributed by atoms with E-state index in [0.717, 1.165) is 4.90 Å². The van der Waals surface area contributed by atoms with Crippen LogP contribution >= 0.6 is 45.8 Å². The number of imide groups is 2. The van der Waals surface area contributed by atoms with Gasteiger partial charge in [0.05, 0.1) is 44.4 Å². The molecule has 18 heteroatoms. The van der Waals surface area contributed by atoms with Gasteiger partial charge < -0.3 is 14.9 Å². The molecule has 3 heterocycles. The molecule has 0 spiro atoms. The molecule has 12 nitrogen and oxygen atoms in total. The summed E-state index contributed by atoms with van der Waals surface area (Å²) in [5, 5.41) is 20.5. The Morgan fingerprint density at radius 1 is 1.07 bits per heavy atom. The zero-order valence-electron chi connectivity index (χ0n) is 28.6. The van der Waals surface area contributed by atoms with E-state index in [2.05, 4.69) is 10.4 Å². The summed E-state index contributed by atoms with van der Waals surface area (Å²) in [5.41, 5.74) is 1.01. The number of hydrazine groups is 1. The van der Waals surface area contributed by atoms with Gasteiger partial charge in [0.2, 0.25) is 11.8 Å². The molecule has 55 heavy (non-hydrogen) atoms. The first-order valence-electron chi connectivity index (χ1n) is 17.0. The highest BCUT2D eigenvalue weighted by Gasteiger charge is 2.70. The number of benzene rings is 2. The zero-order chi connectivity index (χ0) is 39.7. The first-order valence-corrected chi connectivity index (χ1v) is 18.8. The van der Waals surface area contributed by atoms with Gasteiger partial charge in [-0.15, -0.1) is 0 Å². The van der Waals surface area contributed by atoms with Gasteiger partial charge >= 0.3 is 12.1 Å². The minimum Gasteiger partial charge on any atom is -0.504 e. The standard InChI is InChI=1S/C37H30Cl2F3IN4O8/c1-55-26-12-16(11-25(43)30(26)50)29-20-8-9-21-28(34(53)46(32(21)51)10-2-3-27(48)49)22(20)14-23-33(52)47(35(54)36(23,29)17-4-6-19(38)7-5-17)45-31-24(39)13-18(15-44-31)37(40,41)42/h4-8,11-13,15,21-23,28-29,50H,2-3,9-10,14H2,1H3,(H,44,45)(H,48,49)/t21-,22+,23-,28-,29-,36+/m0/s1. The van der Waals surface area contributed by atoms with Crippen LogP contribution < -0.4 is 10.2 Å². The number of allylic oxidation sites excluding steroid dienone is 2. The molecule has 3 N–H and O–H groups in total. The number of hydrogen-bond donors (Lipinski definition) is 3. The Balaban J connectivity index is 1.42. The van der Waals surface area contributed by atoms with Gasteiger partial charge in [-0.2, -0.15) is 18.2 Å². The van der Waals surface area contributed by atoms with E-state index in [-0.39, 0.29) is 43.7 Å². The fraction of sp³-hybridized carbons (Fsp3) is 0.351. The van der Waals surface area contributed by atoms with Crippen LogP contribution in [0.3, 0.4) is 0 Å². The zero-order valence-corrected chi connectivity index (χ0v) is 32.2. The van der Waals surface area contributed by atoms with E-state index in [0.29, 0.717) is 42.6 Å². The third kappa shape index (κ3) is 6.29. The van der Waals surface area contributed by atoms with Crippen molar-refractivity contribution in [1.82, 2.24) is 14.9 Å². The number of ether oxygens (including phenoxy) is 1. The average molecular weight is 913 g/mol. The maximum absolute atomic E-state index is 15.3. The number of carboxylic acids is 1. The summed E-state index contributed by atoms with van der Waals surface area (Å²) in [5.74, 6) is -8.96. The highest BCUT2D eigenvalue weighted by atomic mass is 127. The van der Waals surface area contributed by atoms with Gasteiger partial charge in [-0.3, -0.25) is 34.3 Å². The number of methoxy groups -OCH3 is 1. The molecule has 4 amide bonds. The van der Waals surface area contributed by atoms with Crippen LogP contribution in [-0.4, -0.2) is 68.4 Å². The lowest BCUT2D eigenvalue weighted by atomic mass is 9.49. The molecule has 6 atom stereocenters. The fourth-order valence-corrected chi connectivity index (χ4v) is 9.71. The molecule has 288 valence electrons. The van der Waals surface area contributed by atoms with E-state index >= 15 is 4.79 Å². The minimum absolute atomic E-state index is 0.0437. The van der Waals surface area contributed by atoms with Crippen molar-refractivity contribution in [3.8, 4) is 11.5 Å². The molecule has 3 aromatic rings.